The summed E-state index contributed by atoms with van der Waals surface area (Å²) in [6.07, 6.45) is 4.21. The number of aromatic hydroxyl groups is 1. The number of phenolic OH excluding ortho intramolecular Hbond substituents is 1. The third kappa shape index (κ3) is 3.50. The zero-order valence-corrected chi connectivity index (χ0v) is 15.9. The fourth-order valence-corrected chi connectivity index (χ4v) is 3.90. The number of ether oxygens (including phenoxy) is 1. The van der Waals surface area contributed by atoms with Gasteiger partial charge >= 0.3 is 0 Å². The van der Waals surface area contributed by atoms with Crippen molar-refractivity contribution in [2.24, 2.45) is 0 Å². The first-order chi connectivity index (χ1) is 13.0. The van der Waals surface area contributed by atoms with E-state index in [1.165, 1.54) is 23.3 Å². The van der Waals surface area contributed by atoms with Crippen molar-refractivity contribution in [2.45, 2.75) is 39.2 Å². The lowest BCUT2D eigenvalue weighted by molar-refractivity contribution is -0.901. The molecule has 0 aromatic heterocycles. The molecule has 4 rings (SSSR count). The summed E-state index contributed by atoms with van der Waals surface area (Å²) in [5.41, 5.74) is 3.49. The number of benzene rings is 2. The van der Waals surface area contributed by atoms with E-state index in [0.29, 0.717) is 29.5 Å². The molecule has 4 nitrogen and oxygen atoms in total. The minimum absolute atomic E-state index is 0.115. The molecule has 0 aliphatic carbocycles. The number of rotatable bonds is 4. The Morgan fingerprint density at radius 3 is 2.48 bits per heavy atom. The van der Waals surface area contributed by atoms with Gasteiger partial charge in [-0.15, -0.1) is 0 Å². The standard InChI is InChI=1S/C23H25NO3/c1-15(2)17-7-5-16(6-8-17)13-21-22(26)18-9-10-20(25)19(23(18)27-21)14-24-11-3-4-12-24/h5-10,13,15,25H,3-4,11-12,14H2,1-2H3/p+1/b21-13-. The number of carbonyl (C=O) groups excluding carboxylic acids is 1. The van der Waals surface area contributed by atoms with E-state index in [1.54, 1.807) is 18.2 Å². The van der Waals surface area contributed by atoms with E-state index in [1.807, 2.05) is 12.1 Å². The van der Waals surface area contributed by atoms with Crippen LogP contribution in [0.3, 0.4) is 0 Å². The van der Waals surface area contributed by atoms with Crippen molar-refractivity contribution in [2.75, 3.05) is 13.1 Å². The van der Waals surface area contributed by atoms with Crippen LogP contribution < -0.4 is 9.64 Å². The van der Waals surface area contributed by atoms with Crippen molar-refractivity contribution in [1.82, 2.24) is 0 Å². The van der Waals surface area contributed by atoms with Crippen LogP contribution in [0.4, 0.5) is 0 Å². The Bertz CT molecular complexity index is 891. The van der Waals surface area contributed by atoms with Gasteiger partial charge < -0.3 is 14.7 Å². The molecular weight excluding hydrogens is 338 g/mol. The van der Waals surface area contributed by atoms with Gasteiger partial charge in [-0.25, -0.2) is 0 Å². The van der Waals surface area contributed by atoms with Crippen LogP contribution in [0, 0.1) is 0 Å². The molecule has 2 aliphatic rings. The molecule has 1 fully saturated rings. The number of hydrogen-bond acceptors (Lipinski definition) is 3. The van der Waals surface area contributed by atoms with Crippen LogP contribution in [-0.4, -0.2) is 24.0 Å². The molecule has 0 amide bonds. The van der Waals surface area contributed by atoms with Gasteiger partial charge in [-0.2, -0.15) is 0 Å². The number of quaternary nitrogens is 1. The summed E-state index contributed by atoms with van der Waals surface area (Å²) in [5, 5.41) is 10.4. The van der Waals surface area contributed by atoms with Gasteiger partial charge in [-0.3, -0.25) is 4.79 Å². The van der Waals surface area contributed by atoms with Crippen molar-refractivity contribution < 1.29 is 19.5 Å². The average Bonchev–Trinajstić information content (AvgIpc) is 3.27. The maximum absolute atomic E-state index is 12.8. The first kappa shape index (κ1) is 17.8. The fourth-order valence-electron chi connectivity index (χ4n) is 3.90. The summed E-state index contributed by atoms with van der Waals surface area (Å²) in [4.78, 5) is 14.2. The number of likely N-dealkylation sites (tertiary alicyclic amines) is 1. The Morgan fingerprint density at radius 2 is 1.81 bits per heavy atom. The summed E-state index contributed by atoms with van der Waals surface area (Å²) in [7, 11) is 0. The summed E-state index contributed by atoms with van der Waals surface area (Å²) >= 11 is 0. The molecule has 0 atom stereocenters. The first-order valence-corrected chi connectivity index (χ1v) is 9.75. The molecular formula is C23H26NO3+. The summed E-state index contributed by atoms with van der Waals surface area (Å²) in [6.45, 7) is 7.21. The van der Waals surface area contributed by atoms with Gasteiger partial charge in [0.15, 0.2) is 11.5 Å². The molecule has 1 saturated heterocycles. The van der Waals surface area contributed by atoms with Crippen LogP contribution in [0.5, 0.6) is 11.5 Å². The topological polar surface area (TPSA) is 51.0 Å². The van der Waals surface area contributed by atoms with Crippen molar-refractivity contribution in [3.63, 3.8) is 0 Å². The average molecular weight is 364 g/mol. The summed E-state index contributed by atoms with van der Waals surface area (Å²) in [5.74, 6) is 1.42. The molecule has 2 aliphatic heterocycles. The number of phenols is 1. The van der Waals surface area contributed by atoms with E-state index in [9.17, 15) is 9.90 Å². The summed E-state index contributed by atoms with van der Waals surface area (Å²) in [6, 6.07) is 11.5. The molecule has 4 heteroatoms. The van der Waals surface area contributed by atoms with Crippen LogP contribution in [0.25, 0.3) is 6.08 Å². The second-order valence-electron chi connectivity index (χ2n) is 7.83. The number of hydrogen-bond donors (Lipinski definition) is 2. The predicted molar refractivity (Wildman–Crippen MR) is 105 cm³/mol. The van der Waals surface area contributed by atoms with Gasteiger partial charge in [0.05, 0.1) is 24.2 Å². The van der Waals surface area contributed by atoms with Crippen LogP contribution >= 0.6 is 0 Å². The van der Waals surface area contributed by atoms with E-state index in [-0.39, 0.29) is 11.5 Å². The normalized spacial score (nSPS) is 18.3. The number of Topliss-reactive ketones (excluding diaryl/α,β-unsaturated/α-hetero) is 1. The molecule has 0 saturated carbocycles. The van der Waals surface area contributed by atoms with E-state index >= 15 is 0 Å². The maximum Gasteiger partial charge on any atom is 0.231 e. The van der Waals surface area contributed by atoms with Crippen LogP contribution in [0.15, 0.2) is 42.2 Å². The Kier molecular flexibility index (Phi) is 4.75. The highest BCUT2D eigenvalue weighted by Gasteiger charge is 2.33. The second-order valence-corrected chi connectivity index (χ2v) is 7.83. The minimum Gasteiger partial charge on any atom is -0.507 e. The van der Waals surface area contributed by atoms with Gasteiger partial charge in [-0.1, -0.05) is 38.1 Å². The Labute approximate surface area is 160 Å². The molecule has 2 aromatic rings. The SMILES string of the molecule is CC(C)c1ccc(/C=C2\Oc3c(ccc(O)c3C[NH+]3CCCC3)C2=O)cc1. The molecule has 0 spiro atoms. The lowest BCUT2D eigenvalue weighted by Crippen LogP contribution is -3.08. The summed E-state index contributed by atoms with van der Waals surface area (Å²) < 4.78 is 5.96. The van der Waals surface area contributed by atoms with Gasteiger partial charge in [0.1, 0.15) is 12.3 Å². The highest BCUT2D eigenvalue weighted by Crippen LogP contribution is 2.39. The molecule has 2 N–H and O–H groups in total. The number of fused-ring (bicyclic) bond motifs is 1. The number of carbonyl (C=O) groups is 1. The molecule has 0 bridgehead atoms. The Balaban J connectivity index is 1.63. The van der Waals surface area contributed by atoms with E-state index in [0.717, 1.165) is 24.2 Å². The quantitative estimate of drug-likeness (QED) is 0.819. The van der Waals surface area contributed by atoms with Crippen molar-refractivity contribution >= 4 is 11.9 Å². The van der Waals surface area contributed by atoms with Crippen LogP contribution in [0.2, 0.25) is 0 Å². The molecule has 2 aromatic carbocycles. The highest BCUT2D eigenvalue weighted by molar-refractivity contribution is 6.14. The third-order valence-electron chi connectivity index (χ3n) is 5.55. The maximum atomic E-state index is 12.8. The van der Waals surface area contributed by atoms with Crippen molar-refractivity contribution in [1.29, 1.82) is 0 Å². The monoisotopic (exact) mass is 364 g/mol. The van der Waals surface area contributed by atoms with Gasteiger partial charge in [0, 0.05) is 12.8 Å². The first-order valence-electron chi connectivity index (χ1n) is 9.75. The molecule has 140 valence electrons. The minimum atomic E-state index is -0.115. The van der Waals surface area contributed by atoms with Gasteiger partial charge in [-0.05, 0) is 35.3 Å². The number of allylic oxidation sites excluding steroid dienone is 1. The van der Waals surface area contributed by atoms with E-state index < -0.39 is 0 Å². The lowest BCUT2D eigenvalue weighted by Gasteiger charge is -2.15. The number of ketones is 1. The Morgan fingerprint density at radius 1 is 1.11 bits per heavy atom. The van der Waals surface area contributed by atoms with Gasteiger partial charge in [0.25, 0.3) is 0 Å². The third-order valence-corrected chi connectivity index (χ3v) is 5.55. The lowest BCUT2D eigenvalue weighted by atomic mass is 10.0. The van der Waals surface area contributed by atoms with E-state index in [4.69, 9.17) is 4.74 Å². The molecule has 0 unspecified atom stereocenters. The molecule has 2 heterocycles. The predicted octanol–water partition coefficient (Wildman–Crippen LogP) is 3.31. The zero-order valence-electron chi connectivity index (χ0n) is 15.9. The fraction of sp³-hybridized carbons (Fsp3) is 0.348. The smallest absolute Gasteiger partial charge is 0.231 e. The Hall–Kier alpha value is -2.59. The highest BCUT2D eigenvalue weighted by atomic mass is 16.5. The molecule has 0 radical (unpaired) electrons. The largest absolute Gasteiger partial charge is 0.507 e. The molecule has 27 heavy (non-hydrogen) atoms. The van der Waals surface area contributed by atoms with Crippen molar-refractivity contribution in [3.8, 4) is 11.5 Å². The number of nitrogens with one attached hydrogen (secondary N) is 1. The second kappa shape index (κ2) is 7.20. The van der Waals surface area contributed by atoms with Crippen LogP contribution in [-0.2, 0) is 6.54 Å². The zero-order chi connectivity index (χ0) is 19.0. The van der Waals surface area contributed by atoms with Crippen LogP contribution in [0.1, 0.15) is 59.7 Å². The van der Waals surface area contributed by atoms with E-state index in [2.05, 4.69) is 26.0 Å². The van der Waals surface area contributed by atoms with Gasteiger partial charge in [0.2, 0.25) is 5.78 Å². The van der Waals surface area contributed by atoms with Crippen molar-refractivity contribution in [3.05, 3.63) is 64.4 Å².